The molecule has 0 unspecified atom stereocenters. The minimum atomic E-state index is -0.586. The van der Waals surface area contributed by atoms with Gasteiger partial charge in [-0.2, -0.15) is 0 Å². The van der Waals surface area contributed by atoms with Crippen LogP contribution in [-0.2, 0) is 4.79 Å². The molecule has 0 aliphatic heterocycles. The molecule has 0 saturated heterocycles. The first-order valence-corrected chi connectivity index (χ1v) is 8.45. The van der Waals surface area contributed by atoms with Crippen LogP contribution in [0.4, 0.5) is 0 Å². The minimum Gasteiger partial charge on any atom is -0.347 e. The predicted octanol–water partition coefficient (Wildman–Crippen LogP) is 2.54. The number of para-hydroxylation sites is 1. The van der Waals surface area contributed by atoms with Crippen LogP contribution in [0.15, 0.2) is 48.5 Å². The molecule has 0 fully saturated rings. The summed E-state index contributed by atoms with van der Waals surface area (Å²) in [6, 6.07) is 14.8. The first-order chi connectivity index (χ1) is 12.4. The first-order valence-electron chi connectivity index (χ1n) is 8.45. The monoisotopic (exact) mass is 350 g/mol. The Morgan fingerprint density at radius 2 is 1.81 bits per heavy atom. The maximum absolute atomic E-state index is 12.5. The molecule has 0 radical (unpaired) electrons. The molecule has 6 heteroatoms. The van der Waals surface area contributed by atoms with Crippen LogP contribution in [0.2, 0.25) is 0 Å². The Morgan fingerprint density at radius 1 is 1.12 bits per heavy atom. The molecule has 0 spiro atoms. The summed E-state index contributed by atoms with van der Waals surface area (Å²) in [5, 5.41) is 2.73. The van der Waals surface area contributed by atoms with Crippen LogP contribution in [0.25, 0.3) is 16.7 Å². The van der Waals surface area contributed by atoms with Crippen LogP contribution in [0.3, 0.4) is 0 Å². The van der Waals surface area contributed by atoms with Gasteiger partial charge in [0.1, 0.15) is 11.9 Å². The summed E-state index contributed by atoms with van der Waals surface area (Å²) in [5.74, 6) is 0.407. The average Bonchev–Trinajstić information content (AvgIpc) is 2.96. The highest BCUT2D eigenvalue weighted by Gasteiger charge is 2.19. The molecule has 134 valence electrons. The van der Waals surface area contributed by atoms with Gasteiger partial charge >= 0.3 is 0 Å². The number of rotatable bonds is 4. The van der Waals surface area contributed by atoms with Gasteiger partial charge in [0.05, 0.1) is 11.0 Å². The van der Waals surface area contributed by atoms with Crippen molar-refractivity contribution < 1.29 is 9.59 Å². The summed E-state index contributed by atoms with van der Waals surface area (Å²) in [6.07, 6.45) is 0. The van der Waals surface area contributed by atoms with Crippen LogP contribution in [0, 0.1) is 6.92 Å². The van der Waals surface area contributed by atoms with E-state index in [1.165, 1.54) is 4.90 Å². The van der Waals surface area contributed by atoms with Crippen molar-refractivity contribution in [2.45, 2.75) is 19.9 Å². The van der Waals surface area contributed by atoms with Gasteiger partial charge in [0.15, 0.2) is 0 Å². The molecule has 1 N–H and O–H groups in total. The van der Waals surface area contributed by atoms with Crippen LogP contribution in [-0.4, -0.2) is 46.4 Å². The molecule has 3 rings (SSSR count). The van der Waals surface area contributed by atoms with Crippen molar-refractivity contribution in [2.75, 3.05) is 14.1 Å². The molecule has 2 amide bonds. The molecule has 0 saturated carbocycles. The van der Waals surface area contributed by atoms with E-state index >= 15 is 0 Å². The fourth-order valence-electron chi connectivity index (χ4n) is 2.97. The Kier molecular flexibility index (Phi) is 4.75. The number of fused-ring (bicyclic) bond motifs is 1. The zero-order chi connectivity index (χ0) is 18.8. The first kappa shape index (κ1) is 17.7. The highest BCUT2D eigenvalue weighted by atomic mass is 16.2. The molecular formula is C20H22N4O2. The van der Waals surface area contributed by atoms with Gasteiger partial charge in [-0.3, -0.25) is 14.2 Å². The molecule has 1 atom stereocenters. The van der Waals surface area contributed by atoms with E-state index in [0.717, 1.165) is 22.5 Å². The van der Waals surface area contributed by atoms with Crippen LogP contribution in [0.5, 0.6) is 0 Å². The van der Waals surface area contributed by atoms with Crippen molar-refractivity contribution in [3.8, 4) is 5.69 Å². The van der Waals surface area contributed by atoms with E-state index in [2.05, 4.69) is 14.9 Å². The average molecular weight is 350 g/mol. The van der Waals surface area contributed by atoms with Gasteiger partial charge in [0.25, 0.3) is 5.91 Å². The minimum absolute atomic E-state index is 0.149. The number of nitrogens with zero attached hydrogens (tertiary/aromatic N) is 3. The topological polar surface area (TPSA) is 67.2 Å². The summed E-state index contributed by atoms with van der Waals surface area (Å²) in [6.45, 7) is 3.61. The standard InChI is InChI=1S/C20H22N4O2/c1-13(20(26)23(3)4)21-19(25)15-10-11-18-17(12-15)22-14(2)24(18)16-8-6-5-7-9-16/h5-13H,1-4H3,(H,21,25)/t13-/m0/s1. The molecule has 1 heterocycles. The molecule has 6 nitrogen and oxygen atoms in total. The Morgan fingerprint density at radius 3 is 2.46 bits per heavy atom. The van der Waals surface area contributed by atoms with E-state index in [9.17, 15) is 9.59 Å². The number of benzene rings is 2. The smallest absolute Gasteiger partial charge is 0.251 e. The molecule has 26 heavy (non-hydrogen) atoms. The zero-order valence-electron chi connectivity index (χ0n) is 15.4. The van der Waals surface area contributed by atoms with E-state index in [4.69, 9.17) is 0 Å². The number of carbonyl (C=O) groups is 2. The van der Waals surface area contributed by atoms with Gasteiger partial charge in [0, 0.05) is 25.3 Å². The Bertz CT molecular complexity index is 961. The third kappa shape index (κ3) is 3.31. The van der Waals surface area contributed by atoms with Crippen LogP contribution in [0.1, 0.15) is 23.1 Å². The van der Waals surface area contributed by atoms with Crippen molar-refractivity contribution in [3.05, 3.63) is 59.9 Å². The summed E-state index contributed by atoms with van der Waals surface area (Å²) in [5.41, 5.74) is 3.18. The van der Waals surface area contributed by atoms with Crippen LogP contribution < -0.4 is 5.32 Å². The predicted molar refractivity (Wildman–Crippen MR) is 101 cm³/mol. The third-order valence-electron chi connectivity index (χ3n) is 4.26. The molecule has 0 bridgehead atoms. The number of carbonyl (C=O) groups excluding carboxylic acids is 2. The second-order valence-corrected chi connectivity index (χ2v) is 6.46. The highest BCUT2D eigenvalue weighted by Crippen LogP contribution is 2.22. The molecule has 0 aliphatic carbocycles. The van der Waals surface area contributed by atoms with Gasteiger partial charge < -0.3 is 10.2 Å². The number of aromatic nitrogens is 2. The SMILES string of the molecule is Cc1nc2cc(C(=O)N[C@@H](C)C(=O)N(C)C)ccc2n1-c1ccccc1. The van der Waals surface area contributed by atoms with E-state index in [-0.39, 0.29) is 11.8 Å². The highest BCUT2D eigenvalue weighted by molar-refractivity contribution is 5.99. The molecule has 0 aliphatic rings. The lowest BCUT2D eigenvalue weighted by Crippen LogP contribution is -2.44. The molecule has 2 aromatic carbocycles. The van der Waals surface area contributed by atoms with Gasteiger partial charge in [-0.25, -0.2) is 4.98 Å². The van der Waals surface area contributed by atoms with Gasteiger partial charge in [-0.05, 0) is 44.2 Å². The fourth-order valence-corrected chi connectivity index (χ4v) is 2.97. The fraction of sp³-hybridized carbons (Fsp3) is 0.250. The van der Waals surface area contributed by atoms with E-state index in [0.29, 0.717) is 5.56 Å². The maximum Gasteiger partial charge on any atom is 0.251 e. The van der Waals surface area contributed by atoms with E-state index in [1.54, 1.807) is 33.2 Å². The Balaban J connectivity index is 1.91. The second kappa shape index (κ2) is 7.00. The lowest BCUT2D eigenvalue weighted by molar-refractivity contribution is -0.130. The summed E-state index contributed by atoms with van der Waals surface area (Å²) < 4.78 is 2.05. The number of hydrogen-bond acceptors (Lipinski definition) is 3. The summed E-state index contributed by atoms with van der Waals surface area (Å²) in [7, 11) is 3.33. The third-order valence-corrected chi connectivity index (χ3v) is 4.26. The Hall–Kier alpha value is -3.15. The van der Waals surface area contributed by atoms with Crippen LogP contribution >= 0.6 is 0 Å². The maximum atomic E-state index is 12.5. The number of amides is 2. The molecule has 1 aromatic heterocycles. The van der Waals surface area contributed by atoms with Crippen molar-refractivity contribution in [2.24, 2.45) is 0 Å². The molecule has 3 aromatic rings. The quantitative estimate of drug-likeness (QED) is 0.786. The van der Waals surface area contributed by atoms with Crippen molar-refractivity contribution in [3.63, 3.8) is 0 Å². The largest absolute Gasteiger partial charge is 0.347 e. The molecular weight excluding hydrogens is 328 g/mol. The number of imidazole rings is 1. The Labute approximate surface area is 152 Å². The second-order valence-electron chi connectivity index (χ2n) is 6.46. The lowest BCUT2D eigenvalue weighted by Gasteiger charge is -2.18. The zero-order valence-corrected chi connectivity index (χ0v) is 15.4. The number of aryl methyl sites for hydroxylation is 1. The van der Waals surface area contributed by atoms with E-state index < -0.39 is 6.04 Å². The van der Waals surface area contributed by atoms with Crippen molar-refractivity contribution >= 4 is 22.8 Å². The number of nitrogens with one attached hydrogen (secondary N) is 1. The van der Waals surface area contributed by atoms with Gasteiger partial charge in [-0.1, -0.05) is 18.2 Å². The van der Waals surface area contributed by atoms with E-state index in [1.807, 2.05) is 43.3 Å². The van der Waals surface area contributed by atoms with Gasteiger partial charge in [-0.15, -0.1) is 0 Å². The summed E-state index contributed by atoms with van der Waals surface area (Å²) >= 11 is 0. The number of hydrogen-bond donors (Lipinski definition) is 1. The lowest BCUT2D eigenvalue weighted by atomic mass is 10.1. The normalized spacial score (nSPS) is 12.0. The number of likely N-dealkylation sites (N-methyl/N-ethyl adjacent to an activating group) is 1. The van der Waals surface area contributed by atoms with Crippen molar-refractivity contribution in [1.29, 1.82) is 0 Å². The van der Waals surface area contributed by atoms with Crippen molar-refractivity contribution in [1.82, 2.24) is 19.8 Å². The van der Waals surface area contributed by atoms with Gasteiger partial charge in [0.2, 0.25) is 5.91 Å². The summed E-state index contributed by atoms with van der Waals surface area (Å²) in [4.78, 5) is 30.4.